The summed E-state index contributed by atoms with van der Waals surface area (Å²) >= 11 is 0. The zero-order valence-electron chi connectivity index (χ0n) is 10.5. The van der Waals surface area contributed by atoms with Crippen molar-refractivity contribution in [3.8, 4) is 5.75 Å². The quantitative estimate of drug-likeness (QED) is 0.727. The highest BCUT2D eigenvalue weighted by Gasteiger charge is 2.05. The van der Waals surface area contributed by atoms with E-state index >= 15 is 0 Å². The number of nitrogens with one attached hydrogen (secondary N) is 1. The van der Waals surface area contributed by atoms with Crippen molar-refractivity contribution in [3.05, 3.63) is 24.3 Å². The molecule has 0 saturated heterocycles. The van der Waals surface area contributed by atoms with Gasteiger partial charge in [0.1, 0.15) is 12.4 Å². The molecule has 0 aliphatic carbocycles. The lowest BCUT2D eigenvalue weighted by molar-refractivity contribution is 0.184. The fourth-order valence-corrected chi connectivity index (χ4v) is 1.51. The highest BCUT2D eigenvalue weighted by molar-refractivity contribution is 5.47. The van der Waals surface area contributed by atoms with Crippen LogP contribution in [0.15, 0.2) is 24.3 Å². The molecular formula is C13H21NO3. The third-order valence-corrected chi connectivity index (χ3v) is 2.45. The van der Waals surface area contributed by atoms with Gasteiger partial charge in [0.25, 0.3) is 0 Å². The van der Waals surface area contributed by atoms with Crippen LogP contribution in [0.4, 0.5) is 5.69 Å². The van der Waals surface area contributed by atoms with Gasteiger partial charge in [-0.1, -0.05) is 6.92 Å². The van der Waals surface area contributed by atoms with Crippen molar-refractivity contribution in [2.24, 2.45) is 0 Å². The maximum atomic E-state index is 8.64. The molecule has 1 atom stereocenters. The fraction of sp³-hybridized carbons (Fsp3) is 0.538. The maximum Gasteiger partial charge on any atom is 0.119 e. The summed E-state index contributed by atoms with van der Waals surface area (Å²) in [7, 11) is 1.70. The lowest BCUT2D eigenvalue weighted by Gasteiger charge is -2.17. The van der Waals surface area contributed by atoms with E-state index in [4.69, 9.17) is 14.6 Å². The normalized spacial score (nSPS) is 12.2. The first-order valence-corrected chi connectivity index (χ1v) is 5.89. The maximum absolute atomic E-state index is 8.64. The van der Waals surface area contributed by atoms with E-state index in [1.807, 2.05) is 24.3 Å². The Morgan fingerprint density at radius 2 is 2.00 bits per heavy atom. The number of hydrogen-bond acceptors (Lipinski definition) is 4. The van der Waals surface area contributed by atoms with Crippen molar-refractivity contribution in [3.63, 3.8) is 0 Å². The van der Waals surface area contributed by atoms with Crippen molar-refractivity contribution in [2.45, 2.75) is 19.4 Å². The Bertz CT molecular complexity index is 300. The first kappa shape index (κ1) is 13.8. The van der Waals surface area contributed by atoms with E-state index in [2.05, 4.69) is 12.2 Å². The monoisotopic (exact) mass is 239 g/mol. The molecule has 17 heavy (non-hydrogen) atoms. The summed E-state index contributed by atoms with van der Waals surface area (Å²) in [6.45, 7) is 3.18. The Hall–Kier alpha value is -1.26. The van der Waals surface area contributed by atoms with Crippen molar-refractivity contribution < 1.29 is 14.6 Å². The average Bonchev–Trinajstić information content (AvgIpc) is 2.37. The summed E-state index contributed by atoms with van der Waals surface area (Å²) in [5, 5.41) is 12.0. The summed E-state index contributed by atoms with van der Waals surface area (Å²) in [5.74, 6) is 0.768. The van der Waals surface area contributed by atoms with E-state index in [0.29, 0.717) is 19.3 Å². The van der Waals surface area contributed by atoms with E-state index in [1.54, 1.807) is 7.11 Å². The molecule has 1 rings (SSSR count). The smallest absolute Gasteiger partial charge is 0.119 e. The van der Waals surface area contributed by atoms with E-state index in [1.165, 1.54) is 0 Å². The molecule has 1 aromatic carbocycles. The van der Waals surface area contributed by atoms with Gasteiger partial charge >= 0.3 is 0 Å². The van der Waals surface area contributed by atoms with Gasteiger partial charge in [-0.2, -0.15) is 0 Å². The molecule has 4 nitrogen and oxygen atoms in total. The second kappa shape index (κ2) is 7.92. The molecular weight excluding hydrogens is 218 g/mol. The molecule has 2 N–H and O–H groups in total. The van der Waals surface area contributed by atoms with Gasteiger partial charge in [-0.25, -0.2) is 0 Å². The van der Waals surface area contributed by atoms with Gasteiger partial charge in [0.2, 0.25) is 0 Å². The number of methoxy groups -OCH3 is 1. The molecule has 0 fully saturated rings. The highest BCUT2D eigenvalue weighted by Crippen LogP contribution is 2.16. The van der Waals surface area contributed by atoms with Gasteiger partial charge in [0.05, 0.1) is 13.2 Å². The summed E-state index contributed by atoms with van der Waals surface area (Å²) in [6.07, 6.45) is 1.01. The third kappa shape index (κ3) is 5.06. The lowest BCUT2D eigenvalue weighted by atomic mass is 10.2. The van der Waals surface area contributed by atoms with Crippen LogP contribution in [0.25, 0.3) is 0 Å². The van der Waals surface area contributed by atoms with Crippen LogP contribution in [-0.2, 0) is 4.74 Å². The summed E-state index contributed by atoms with van der Waals surface area (Å²) < 4.78 is 10.4. The topological polar surface area (TPSA) is 50.7 Å². The molecule has 1 aromatic rings. The fourth-order valence-electron chi connectivity index (χ4n) is 1.51. The SMILES string of the molecule is CCC(COC)Nc1ccc(OCCO)cc1. The first-order chi connectivity index (χ1) is 8.30. The number of aliphatic hydroxyl groups excluding tert-OH is 1. The number of anilines is 1. The average molecular weight is 239 g/mol. The van der Waals surface area contributed by atoms with Gasteiger partial charge in [0.15, 0.2) is 0 Å². The molecule has 0 saturated carbocycles. The number of benzene rings is 1. The van der Waals surface area contributed by atoms with Crippen molar-refractivity contribution in [1.29, 1.82) is 0 Å². The Morgan fingerprint density at radius 3 is 2.53 bits per heavy atom. The van der Waals surface area contributed by atoms with Crippen LogP contribution in [-0.4, -0.2) is 38.1 Å². The van der Waals surface area contributed by atoms with Crippen LogP contribution in [0, 0.1) is 0 Å². The molecule has 0 radical (unpaired) electrons. The van der Waals surface area contributed by atoms with E-state index in [-0.39, 0.29) is 6.61 Å². The second-order valence-electron chi connectivity index (χ2n) is 3.80. The van der Waals surface area contributed by atoms with Gasteiger partial charge in [0, 0.05) is 18.8 Å². The van der Waals surface area contributed by atoms with E-state index < -0.39 is 0 Å². The molecule has 0 aromatic heterocycles. The number of rotatable bonds is 8. The minimum absolute atomic E-state index is 0.0335. The molecule has 0 spiro atoms. The Kier molecular flexibility index (Phi) is 6.43. The van der Waals surface area contributed by atoms with Gasteiger partial charge in [-0.05, 0) is 30.7 Å². The molecule has 96 valence electrons. The van der Waals surface area contributed by atoms with Crippen molar-refractivity contribution in [1.82, 2.24) is 0 Å². The zero-order valence-corrected chi connectivity index (χ0v) is 10.5. The largest absolute Gasteiger partial charge is 0.491 e. The molecule has 0 aliphatic heterocycles. The van der Waals surface area contributed by atoms with Crippen LogP contribution in [0.3, 0.4) is 0 Å². The predicted octanol–water partition coefficient (Wildman–Crippen LogP) is 1.89. The number of ether oxygens (including phenoxy) is 2. The van der Waals surface area contributed by atoms with Crippen LogP contribution in [0.2, 0.25) is 0 Å². The van der Waals surface area contributed by atoms with E-state index in [0.717, 1.165) is 17.9 Å². The van der Waals surface area contributed by atoms with Crippen molar-refractivity contribution in [2.75, 3.05) is 32.2 Å². The number of hydrogen-bond donors (Lipinski definition) is 2. The molecule has 0 aliphatic rings. The van der Waals surface area contributed by atoms with Crippen LogP contribution in [0.1, 0.15) is 13.3 Å². The number of aliphatic hydroxyl groups is 1. The summed E-state index contributed by atoms with van der Waals surface area (Å²) in [5.41, 5.74) is 1.05. The van der Waals surface area contributed by atoms with Crippen LogP contribution < -0.4 is 10.1 Å². The Labute approximate surface area is 103 Å². The van der Waals surface area contributed by atoms with Crippen LogP contribution >= 0.6 is 0 Å². The minimum atomic E-state index is 0.0335. The molecule has 0 bridgehead atoms. The Morgan fingerprint density at radius 1 is 1.29 bits per heavy atom. The molecule has 1 unspecified atom stereocenters. The minimum Gasteiger partial charge on any atom is -0.491 e. The van der Waals surface area contributed by atoms with E-state index in [9.17, 15) is 0 Å². The van der Waals surface area contributed by atoms with Gasteiger partial charge in [-0.15, -0.1) is 0 Å². The first-order valence-electron chi connectivity index (χ1n) is 5.89. The molecule has 0 heterocycles. The van der Waals surface area contributed by atoms with Crippen molar-refractivity contribution >= 4 is 5.69 Å². The van der Waals surface area contributed by atoms with Crippen LogP contribution in [0.5, 0.6) is 5.75 Å². The van der Waals surface area contributed by atoms with Gasteiger partial charge < -0.3 is 19.9 Å². The summed E-state index contributed by atoms with van der Waals surface area (Å²) in [6, 6.07) is 8.02. The zero-order chi connectivity index (χ0) is 12.5. The third-order valence-electron chi connectivity index (χ3n) is 2.45. The Balaban J connectivity index is 2.49. The standard InChI is InChI=1S/C13H21NO3/c1-3-11(10-16-2)14-12-4-6-13(7-5-12)17-9-8-15/h4-7,11,14-15H,3,8-10H2,1-2H3. The highest BCUT2D eigenvalue weighted by atomic mass is 16.5. The molecule has 4 heteroatoms. The predicted molar refractivity (Wildman–Crippen MR) is 68.6 cm³/mol. The summed E-state index contributed by atoms with van der Waals surface area (Å²) in [4.78, 5) is 0. The molecule has 0 amide bonds. The van der Waals surface area contributed by atoms with Gasteiger partial charge in [-0.3, -0.25) is 0 Å². The second-order valence-corrected chi connectivity index (χ2v) is 3.80. The lowest BCUT2D eigenvalue weighted by Crippen LogP contribution is -2.23.